The summed E-state index contributed by atoms with van der Waals surface area (Å²) in [5.41, 5.74) is 2.02. The Morgan fingerprint density at radius 1 is 0.897 bits per heavy atom. The number of carbonyl (C=O) groups is 1. The van der Waals surface area contributed by atoms with Crippen LogP contribution in [0.2, 0.25) is 0 Å². The van der Waals surface area contributed by atoms with Crippen LogP contribution in [0, 0.1) is 0 Å². The van der Waals surface area contributed by atoms with Gasteiger partial charge in [-0.2, -0.15) is 0 Å². The number of aromatic nitrogens is 2. The van der Waals surface area contributed by atoms with Gasteiger partial charge in [-0.15, -0.1) is 0 Å². The van der Waals surface area contributed by atoms with Crippen molar-refractivity contribution in [1.82, 2.24) is 14.9 Å². The fourth-order valence-corrected chi connectivity index (χ4v) is 6.63. The first kappa shape index (κ1) is 18.2. The van der Waals surface area contributed by atoms with Crippen LogP contribution in [-0.4, -0.2) is 46.5 Å². The molecule has 2 unspecified atom stereocenters. The van der Waals surface area contributed by atoms with E-state index in [1.807, 2.05) is 17.0 Å². The molecule has 5 rings (SSSR count). The highest BCUT2D eigenvalue weighted by atomic mass is 32.2. The maximum atomic E-state index is 13.3. The maximum Gasteiger partial charge on any atom is 0.254 e. The molecule has 3 aromatic rings. The third-order valence-electron chi connectivity index (χ3n) is 6.15. The minimum Gasteiger partial charge on any atom is -0.333 e. The minimum absolute atomic E-state index is 0.0395. The van der Waals surface area contributed by atoms with Crippen LogP contribution in [0.4, 0.5) is 0 Å². The highest BCUT2D eigenvalue weighted by molar-refractivity contribution is 7.92. The molecule has 2 atom stereocenters. The van der Waals surface area contributed by atoms with Crippen LogP contribution < -0.4 is 0 Å². The predicted octanol–water partition coefficient (Wildman–Crippen LogP) is 3.24. The smallest absolute Gasteiger partial charge is 0.254 e. The molecular weight excluding hydrogens is 386 g/mol. The number of benzene rings is 2. The van der Waals surface area contributed by atoms with Gasteiger partial charge < -0.3 is 4.90 Å². The van der Waals surface area contributed by atoms with Crippen molar-refractivity contribution in [2.75, 3.05) is 0 Å². The van der Waals surface area contributed by atoms with E-state index in [9.17, 15) is 13.2 Å². The van der Waals surface area contributed by atoms with Crippen LogP contribution in [0.25, 0.3) is 11.0 Å². The van der Waals surface area contributed by atoms with Crippen molar-refractivity contribution in [3.8, 4) is 0 Å². The van der Waals surface area contributed by atoms with E-state index in [-0.39, 0.29) is 18.0 Å². The Labute approximate surface area is 169 Å². The Hall–Kier alpha value is -2.80. The molecule has 0 saturated carbocycles. The molecule has 0 spiro atoms. The Kier molecular flexibility index (Phi) is 4.35. The summed E-state index contributed by atoms with van der Waals surface area (Å²) in [4.78, 5) is 24.1. The van der Waals surface area contributed by atoms with Gasteiger partial charge in [-0.3, -0.25) is 14.8 Å². The van der Waals surface area contributed by atoms with Gasteiger partial charge in [0.2, 0.25) is 0 Å². The molecule has 2 bridgehead atoms. The third-order valence-corrected chi connectivity index (χ3v) is 8.34. The van der Waals surface area contributed by atoms with E-state index in [0.29, 0.717) is 28.8 Å². The summed E-state index contributed by atoms with van der Waals surface area (Å²) in [6.07, 6.45) is 5.93. The van der Waals surface area contributed by atoms with Crippen LogP contribution in [-0.2, 0) is 9.84 Å². The predicted molar refractivity (Wildman–Crippen MR) is 109 cm³/mol. The topological polar surface area (TPSA) is 80.2 Å². The first-order valence-corrected chi connectivity index (χ1v) is 11.4. The number of hydrogen-bond donors (Lipinski definition) is 0. The zero-order valence-corrected chi connectivity index (χ0v) is 16.6. The standard InChI is InChI=1S/C22H21N3O3S/c26-22(15-6-9-20-21(12-15)24-11-10-23-20)25-16-7-8-17(25)14-19(13-16)29(27,28)18-4-2-1-3-5-18/h1-6,9-12,16-17,19H,7-8,13-14H2. The number of nitrogens with zero attached hydrogens (tertiary/aromatic N) is 3. The van der Waals surface area contributed by atoms with E-state index in [0.717, 1.165) is 18.4 Å². The van der Waals surface area contributed by atoms with Gasteiger partial charge >= 0.3 is 0 Å². The number of carbonyl (C=O) groups excluding carboxylic acids is 1. The van der Waals surface area contributed by atoms with E-state index in [2.05, 4.69) is 9.97 Å². The summed E-state index contributed by atoms with van der Waals surface area (Å²) in [7, 11) is -3.39. The molecule has 7 heteroatoms. The molecule has 0 aliphatic carbocycles. The molecule has 0 radical (unpaired) electrons. The van der Waals surface area contributed by atoms with Crippen molar-refractivity contribution in [3.63, 3.8) is 0 Å². The fraction of sp³-hybridized carbons (Fsp3) is 0.318. The van der Waals surface area contributed by atoms with Crippen LogP contribution in [0.5, 0.6) is 0 Å². The molecule has 29 heavy (non-hydrogen) atoms. The van der Waals surface area contributed by atoms with Crippen LogP contribution in [0.15, 0.2) is 65.8 Å². The SMILES string of the molecule is O=C(c1ccc2nccnc2c1)N1C2CCC1CC(S(=O)(=O)c1ccccc1)C2. The van der Waals surface area contributed by atoms with Crippen LogP contribution in [0.1, 0.15) is 36.0 Å². The van der Waals surface area contributed by atoms with Crippen LogP contribution in [0.3, 0.4) is 0 Å². The molecular formula is C22H21N3O3S. The van der Waals surface area contributed by atoms with Gasteiger partial charge in [0.25, 0.3) is 5.91 Å². The lowest BCUT2D eigenvalue weighted by Crippen LogP contribution is -2.49. The molecule has 1 amide bonds. The third kappa shape index (κ3) is 3.09. The van der Waals surface area contributed by atoms with Crippen molar-refractivity contribution in [1.29, 1.82) is 0 Å². The second kappa shape index (κ2) is 6.91. The van der Waals surface area contributed by atoms with E-state index in [1.54, 1.807) is 48.8 Å². The average Bonchev–Trinajstić information content (AvgIpc) is 3.02. The van der Waals surface area contributed by atoms with Crippen molar-refractivity contribution >= 4 is 26.8 Å². The Morgan fingerprint density at radius 2 is 1.55 bits per heavy atom. The summed E-state index contributed by atoms with van der Waals surface area (Å²) >= 11 is 0. The normalized spacial score (nSPS) is 24.0. The number of piperidine rings is 1. The first-order chi connectivity index (χ1) is 14.0. The number of rotatable bonds is 3. The second-order valence-corrected chi connectivity index (χ2v) is 10.0. The molecule has 0 N–H and O–H groups in total. The van der Waals surface area contributed by atoms with E-state index < -0.39 is 15.1 Å². The van der Waals surface area contributed by atoms with Crippen molar-refractivity contribution in [2.24, 2.45) is 0 Å². The number of fused-ring (bicyclic) bond motifs is 3. The highest BCUT2D eigenvalue weighted by Crippen LogP contribution is 2.40. The van der Waals surface area contributed by atoms with Crippen molar-refractivity contribution in [2.45, 2.75) is 47.9 Å². The van der Waals surface area contributed by atoms with Crippen molar-refractivity contribution < 1.29 is 13.2 Å². The molecule has 3 heterocycles. The summed E-state index contributed by atoms with van der Waals surface area (Å²) in [5.74, 6) is -0.0411. The average molecular weight is 407 g/mol. The van der Waals surface area contributed by atoms with E-state index in [4.69, 9.17) is 0 Å². The van der Waals surface area contributed by atoms with Crippen LogP contribution >= 0.6 is 0 Å². The largest absolute Gasteiger partial charge is 0.333 e. The number of amides is 1. The molecule has 2 saturated heterocycles. The molecule has 1 aromatic heterocycles. The summed E-state index contributed by atoms with van der Waals surface area (Å²) < 4.78 is 26.2. The number of hydrogen-bond acceptors (Lipinski definition) is 5. The Morgan fingerprint density at radius 3 is 2.24 bits per heavy atom. The molecule has 2 aliphatic heterocycles. The van der Waals surface area contributed by atoms with Crippen molar-refractivity contribution in [3.05, 3.63) is 66.5 Å². The zero-order valence-electron chi connectivity index (χ0n) is 15.8. The summed E-state index contributed by atoms with van der Waals surface area (Å²) in [6, 6.07) is 13.9. The fourth-order valence-electron chi connectivity index (χ4n) is 4.76. The molecule has 148 valence electrons. The lowest BCUT2D eigenvalue weighted by molar-refractivity contribution is 0.0598. The molecule has 2 fully saturated rings. The summed E-state index contributed by atoms with van der Waals surface area (Å²) in [5, 5.41) is -0.436. The minimum atomic E-state index is -3.39. The van der Waals surface area contributed by atoms with Gasteiger partial charge in [-0.1, -0.05) is 18.2 Å². The lowest BCUT2D eigenvalue weighted by atomic mass is 10.0. The van der Waals surface area contributed by atoms with E-state index in [1.165, 1.54) is 0 Å². The van der Waals surface area contributed by atoms with Gasteiger partial charge in [0.15, 0.2) is 9.84 Å². The monoisotopic (exact) mass is 407 g/mol. The highest BCUT2D eigenvalue weighted by Gasteiger charge is 2.47. The maximum absolute atomic E-state index is 13.3. The van der Waals surface area contributed by atoms with Gasteiger partial charge in [-0.25, -0.2) is 8.42 Å². The quantitative estimate of drug-likeness (QED) is 0.666. The van der Waals surface area contributed by atoms with Gasteiger partial charge in [0, 0.05) is 30.0 Å². The summed E-state index contributed by atoms with van der Waals surface area (Å²) in [6.45, 7) is 0. The molecule has 2 aromatic carbocycles. The molecule has 6 nitrogen and oxygen atoms in total. The lowest BCUT2D eigenvalue weighted by Gasteiger charge is -2.38. The number of sulfone groups is 1. The second-order valence-electron chi connectivity index (χ2n) is 7.81. The van der Waals surface area contributed by atoms with Gasteiger partial charge in [0.1, 0.15) is 0 Å². The first-order valence-electron chi connectivity index (χ1n) is 9.86. The van der Waals surface area contributed by atoms with Gasteiger partial charge in [0.05, 0.1) is 21.2 Å². The van der Waals surface area contributed by atoms with E-state index >= 15 is 0 Å². The Bertz CT molecular complexity index is 1170. The molecule has 2 aliphatic rings. The zero-order chi connectivity index (χ0) is 20.0. The Balaban J connectivity index is 1.41. The van der Waals surface area contributed by atoms with Gasteiger partial charge in [-0.05, 0) is 56.0 Å².